The Labute approximate surface area is 139 Å². The van der Waals surface area contributed by atoms with Gasteiger partial charge in [0.05, 0.1) is 12.8 Å². The number of aromatic nitrogens is 1. The van der Waals surface area contributed by atoms with E-state index in [4.69, 9.17) is 4.74 Å². The lowest BCUT2D eigenvalue weighted by molar-refractivity contribution is -0.112. The van der Waals surface area contributed by atoms with Crippen LogP contribution in [0.15, 0.2) is 60.3 Å². The molecule has 1 heterocycles. The van der Waals surface area contributed by atoms with Gasteiger partial charge < -0.3 is 15.0 Å². The van der Waals surface area contributed by atoms with E-state index in [0.717, 1.165) is 16.5 Å². The molecule has 0 bridgehead atoms. The number of carbonyl (C=O) groups is 1. The normalized spacial score (nSPS) is 11.1. The number of anilines is 1. The van der Waals surface area contributed by atoms with Gasteiger partial charge in [-0.05, 0) is 24.3 Å². The molecule has 0 saturated carbocycles. The van der Waals surface area contributed by atoms with Crippen molar-refractivity contribution in [3.05, 3.63) is 65.9 Å². The van der Waals surface area contributed by atoms with Crippen molar-refractivity contribution in [3.63, 3.8) is 0 Å². The number of carbonyl (C=O) groups excluding carboxylic acids is 1. The van der Waals surface area contributed by atoms with Gasteiger partial charge in [0.25, 0.3) is 5.91 Å². The van der Waals surface area contributed by atoms with E-state index in [0.29, 0.717) is 11.4 Å². The number of ether oxygens (including phenoxy) is 1. The highest BCUT2D eigenvalue weighted by atomic mass is 16.5. The lowest BCUT2D eigenvalue weighted by atomic mass is 10.1. The van der Waals surface area contributed by atoms with Crippen molar-refractivity contribution in [3.8, 4) is 11.8 Å². The molecule has 5 nitrogen and oxygen atoms in total. The number of H-pyrrole nitrogens is 1. The first-order valence-corrected chi connectivity index (χ1v) is 7.35. The van der Waals surface area contributed by atoms with Gasteiger partial charge in [0.1, 0.15) is 17.4 Å². The third-order valence-electron chi connectivity index (χ3n) is 3.64. The lowest BCUT2D eigenvalue weighted by Gasteiger charge is -2.09. The van der Waals surface area contributed by atoms with Crippen molar-refractivity contribution in [2.75, 3.05) is 12.4 Å². The Balaban J connectivity index is 1.91. The number of fused-ring (bicyclic) bond motifs is 1. The molecule has 0 unspecified atom stereocenters. The maximum absolute atomic E-state index is 12.4. The van der Waals surface area contributed by atoms with Gasteiger partial charge in [-0.15, -0.1) is 0 Å². The van der Waals surface area contributed by atoms with Gasteiger partial charge in [0.2, 0.25) is 0 Å². The fraction of sp³-hybridized carbons (Fsp3) is 0.0526. The maximum atomic E-state index is 12.4. The molecule has 0 aliphatic heterocycles. The van der Waals surface area contributed by atoms with E-state index in [2.05, 4.69) is 10.3 Å². The van der Waals surface area contributed by atoms with Crippen LogP contribution in [0.25, 0.3) is 17.0 Å². The Morgan fingerprint density at radius 3 is 2.75 bits per heavy atom. The molecule has 0 saturated heterocycles. The van der Waals surface area contributed by atoms with Crippen molar-refractivity contribution < 1.29 is 9.53 Å². The second-order valence-corrected chi connectivity index (χ2v) is 5.11. The zero-order valence-electron chi connectivity index (χ0n) is 13.0. The van der Waals surface area contributed by atoms with Gasteiger partial charge in [-0.2, -0.15) is 5.26 Å². The van der Waals surface area contributed by atoms with E-state index in [-0.39, 0.29) is 5.57 Å². The summed E-state index contributed by atoms with van der Waals surface area (Å²) >= 11 is 0. The molecule has 118 valence electrons. The summed E-state index contributed by atoms with van der Waals surface area (Å²) in [6.07, 6.45) is 3.35. The highest BCUT2D eigenvalue weighted by Crippen LogP contribution is 2.24. The van der Waals surface area contributed by atoms with Gasteiger partial charge in [-0.1, -0.05) is 30.3 Å². The van der Waals surface area contributed by atoms with Crippen molar-refractivity contribution in [1.82, 2.24) is 4.98 Å². The summed E-state index contributed by atoms with van der Waals surface area (Å²) in [6, 6.07) is 16.7. The number of rotatable bonds is 4. The Bertz CT molecular complexity index is 964. The molecule has 0 atom stereocenters. The van der Waals surface area contributed by atoms with Crippen LogP contribution in [-0.4, -0.2) is 18.0 Å². The maximum Gasteiger partial charge on any atom is 0.266 e. The summed E-state index contributed by atoms with van der Waals surface area (Å²) in [6.45, 7) is 0. The minimum absolute atomic E-state index is 0.0191. The second-order valence-electron chi connectivity index (χ2n) is 5.11. The van der Waals surface area contributed by atoms with Crippen LogP contribution in [0.5, 0.6) is 5.75 Å². The molecular formula is C19H15N3O2. The fourth-order valence-electron chi connectivity index (χ4n) is 2.46. The van der Waals surface area contributed by atoms with E-state index >= 15 is 0 Å². The number of nitrogens with one attached hydrogen (secondary N) is 2. The summed E-state index contributed by atoms with van der Waals surface area (Å²) in [7, 11) is 1.53. The first-order valence-electron chi connectivity index (χ1n) is 7.35. The van der Waals surface area contributed by atoms with Gasteiger partial charge in [0.15, 0.2) is 0 Å². The Morgan fingerprint density at radius 1 is 1.21 bits per heavy atom. The third kappa shape index (κ3) is 2.99. The minimum Gasteiger partial charge on any atom is -0.495 e. The van der Waals surface area contributed by atoms with Crippen LogP contribution < -0.4 is 10.1 Å². The van der Waals surface area contributed by atoms with E-state index < -0.39 is 5.91 Å². The minimum atomic E-state index is -0.479. The average Bonchev–Trinajstić information content (AvgIpc) is 3.03. The number of amides is 1. The van der Waals surface area contributed by atoms with Gasteiger partial charge in [-0.25, -0.2) is 0 Å². The lowest BCUT2D eigenvalue weighted by Crippen LogP contribution is -2.14. The number of aromatic amines is 1. The van der Waals surface area contributed by atoms with Crippen molar-refractivity contribution in [1.29, 1.82) is 5.26 Å². The molecule has 5 heteroatoms. The van der Waals surface area contributed by atoms with Crippen LogP contribution in [0, 0.1) is 11.3 Å². The second kappa shape index (κ2) is 6.71. The zero-order chi connectivity index (χ0) is 16.9. The fourth-order valence-corrected chi connectivity index (χ4v) is 2.46. The van der Waals surface area contributed by atoms with E-state index in [1.807, 2.05) is 36.4 Å². The van der Waals surface area contributed by atoms with Crippen LogP contribution in [0.3, 0.4) is 0 Å². The number of benzene rings is 2. The molecule has 0 aliphatic carbocycles. The van der Waals surface area contributed by atoms with Crippen molar-refractivity contribution in [2.45, 2.75) is 0 Å². The first kappa shape index (κ1) is 15.4. The SMILES string of the molecule is COc1ccccc1NC(=O)/C(C#N)=C\c1c[nH]c2ccccc12. The predicted octanol–water partition coefficient (Wildman–Crippen LogP) is 3.72. The number of para-hydroxylation sites is 3. The number of methoxy groups -OCH3 is 1. The molecular weight excluding hydrogens is 302 g/mol. The molecule has 0 radical (unpaired) electrons. The predicted molar refractivity (Wildman–Crippen MR) is 93.5 cm³/mol. The van der Waals surface area contributed by atoms with Gasteiger partial charge >= 0.3 is 0 Å². The van der Waals surface area contributed by atoms with Crippen LogP contribution in [0.4, 0.5) is 5.69 Å². The first-order chi connectivity index (χ1) is 11.7. The molecule has 3 aromatic rings. The summed E-state index contributed by atoms with van der Waals surface area (Å²) in [5, 5.41) is 13.0. The number of nitrogens with zero attached hydrogens (tertiary/aromatic N) is 1. The summed E-state index contributed by atoms with van der Waals surface area (Å²) in [5.74, 6) is 0.0579. The zero-order valence-corrected chi connectivity index (χ0v) is 13.0. The van der Waals surface area contributed by atoms with E-state index in [9.17, 15) is 10.1 Å². The van der Waals surface area contributed by atoms with Gasteiger partial charge in [-0.3, -0.25) is 4.79 Å². The third-order valence-corrected chi connectivity index (χ3v) is 3.64. The van der Waals surface area contributed by atoms with Crippen molar-refractivity contribution >= 4 is 28.6 Å². The molecule has 3 rings (SSSR count). The Hall–Kier alpha value is -3.52. The average molecular weight is 317 g/mol. The smallest absolute Gasteiger partial charge is 0.266 e. The molecule has 1 aromatic heterocycles. The standard InChI is InChI=1S/C19H15N3O2/c1-24-18-9-5-4-8-17(18)22-19(23)13(11-20)10-14-12-21-16-7-3-2-6-15(14)16/h2-10,12,21H,1H3,(H,22,23)/b13-10-. The Morgan fingerprint density at radius 2 is 1.96 bits per heavy atom. The topological polar surface area (TPSA) is 77.9 Å². The van der Waals surface area contributed by atoms with Crippen LogP contribution in [0.2, 0.25) is 0 Å². The number of hydrogen-bond acceptors (Lipinski definition) is 3. The van der Waals surface area contributed by atoms with Crippen LogP contribution in [-0.2, 0) is 4.79 Å². The highest BCUT2D eigenvalue weighted by Gasteiger charge is 2.13. The summed E-state index contributed by atoms with van der Waals surface area (Å²) in [5.41, 5.74) is 2.28. The van der Waals surface area contributed by atoms with Crippen LogP contribution >= 0.6 is 0 Å². The molecule has 1 amide bonds. The highest BCUT2D eigenvalue weighted by molar-refractivity contribution is 6.11. The molecule has 24 heavy (non-hydrogen) atoms. The molecule has 0 spiro atoms. The molecule has 2 aromatic carbocycles. The van der Waals surface area contributed by atoms with Crippen LogP contribution in [0.1, 0.15) is 5.56 Å². The van der Waals surface area contributed by atoms with E-state index in [1.165, 1.54) is 7.11 Å². The van der Waals surface area contributed by atoms with Crippen molar-refractivity contribution in [2.24, 2.45) is 0 Å². The molecule has 2 N–H and O–H groups in total. The van der Waals surface area contributed by atoms with E-state index in [1.54, 1.807) is 30.5 Å². The number of hydrogen-bond donors (Lipinski definition) is 2. The molecule has 0 fully saturated rings. The number of nitriles is 1. The Kier molecular flexibility index (Phi) is 4.30. The summed E-state index contributed by atoms with van der Waals surface area (Å²) in [4.78, 5) is 15.5. The summed E-state index contributed by atoms with van der Waals surface area (Å²) < 4.78 is 5.20. The monoisotopic (exact) mass is 317 g/mol. The quantitative estimate of drug-likeness (QED) is 0.568. The van der Waals surface area contributed by atoms with Gasteiger partial charge in [0, 0.05) is 22.7 Å². The molecule has 0 aliphatic rings. The largest absolute Gasteiger partial charge is 0.495 e.